The van der Waals surface area contributed by atoms with E-state index in [-0.39, 0.29) is 0 Å². The van der Waals surface area contributed by atoms with E-state index in [9.17, 15) is 8.42 Å². The number of rotatable bonds is 1. The number of primary sulfonamides is 1. The molecule has 1 aromatic carbocycles. The SMILES string of the molecule is NS(=O)(=O)c1nc2c(Br)cccc2o1. The molecule has 1 heterocycles. The van der Waals surface area contributed by atoms with E-state index in [2.05, 4.69) is 20.9 Å². The van der Waals surface area contributed by atoms with Crippen LogP contribution in [0.15, 0.2) is 32.3 Å². The Hall–Kier alpha value is -0.920. The summed E-state index contributed by atoms with van der Waals surface area (Å²) in [4.78, 5) is 3.76. The molecule has 0 aliphatic heterocycles. The van der Waals surface area contributed by atoms with Crippen molar-refractivity contribution in [2.45, 2.75) is 5.22 Å². The van der Waals surface area contributed by atoms with Crippen LogP contribution < -0.4 is 5.14 Å². The quantitative estimate of drug-likeness (QED) is 0.849. The average molecular weight is 277 g/mol. The van der Waals surface area contributed by atoms with Crippen LogP contribution in [0.1, 0.15) is 0 Å². The standard InChI is InChI=1S/C7H5BrN2O3S/c8-4-2-1-3-5-6(4)10-7(13-5)14(9,11)12/h1-3H,(H2,9,11,12). The van der Waals surface area contributed by atoms with Crippen LogP contribution in [-0.2, 0) is 10.0 Å². The molecule has 0 atom stereocenters. The van der Waals surface area contributed by atoms with Gasteiger partial charge in [-0.15, -0.1) is 0 Å². The zero-order valence-electron chi connectivity index (χ0n) is 6.77. The maximum Gasteiger partial charge on any atom is 0.331 e. The Morgan fingerprint density at radius 3 is 2.71 bits per heavy atom. The van der Waals surface area contributed by atoms with Gasteiger partial charge in [0.15, 0.2) is 5.58 Å². The molecule has 2 N–H and O–H groups in total. The van der Waals surface area contributed by atoms with Crippen molar-refractivity contribution in [3.63, 3.8) is 0 Å². The molecule has 2 rings (SSSR count). The number of nitrogens with two attached hydrogens (primary N) is 1. The topological polar surface area (TPSA) is 86.2 Å². The number of hydrogen-bond donors (Lipinski definition) is 1. The zero-order chi connectivity index (χ0) is 10.3. The number of aromatic nitrogens is 1. The molecule has 0 aliphatic carbocycles. The van der Waals surface area contributed by atoms with Crippen LogP contribution in [0, 0.1) is 0 Å². The Morgan fingerprint density at radius 2 is 2.14 bits per heavy atom. The first kappa shape index (κ1) is 9.63. The molecule has 0 spiro atoms. The number of para-hydroxylation sites is 1. The Balaban J connectivity index is 2.81. The smallest absolute Gasteiger partial charge is 0.331 e. The van der Waals surface area contributed by atoms with Crippen LogP contribution in [-0.4, -0.2) is 13.4 Å². The van der Waals surface area contributed by atoms with Gasteiger partial charge in [-0.3, -0.25) is 0 Å². The predicted molar refractivity (Wildman–Crippen MR) is 53.1 cm³/mol. The Morgan fingerprint density at radius 1 is 1.43 bits per heavy atom. The van der Waals surface area contributed by atoms with Gasteiger partial charge in [0.25, 0.3) is 10.0 Å². The van der Waals surface area contributed by atoms with E-state index in [1.54, 1.807) is 18.2 Å². The van der Waals surface area contributed by atoms with E-state index in [0.717, 1.165) is 0 Å². The largest absolute Gasteiger partial charge is 0.427 e. The van der Waals surface area contributed by atoms with Gasteiger partial charge in [-0.1, -0.05) is 6.07 Å². The lowest BCUT2D eigenvalue weighted by Crippen LogP contribution is -2.12. The highest BCUT2D eigenvalue weighted by atomic mass is 79.9. The molecule has 0 saturated carbocycles. The molecule has 0 bridgehead atoms. The van der Waals surface area contributed by atoms with Crippen LogP contribution in [0.5, 0.6) is 0 Å². The summed E-state index contributed by atoms with van der Waals surface area (Å²) in [7, 11) is -3.88. The van der Waals surface area contributed by atoms with E-state index in [0.29, 0.717) is 15.6 Å². The first-order valence-electron chi connectivity index (χ1n) is 3.56. The molecule has 0 aliphatic rings. The summed E-state index contributed by atoms with van der Waals surface area (Å²) in [5.41, 5.74) is 0.819. The van der Waals surface area contributed by atoms with E-state index in [4.69, 9.17) is 9.56 Å². The molecule has 0 saturated heterocycles. The zero-order valence-corrected chi connectivity index (χ0v) is 9.17. The Kier molecular flexibility index (Phi) is 2.09. The molecule has 7 heteroatoms. The van der Waals surface area contributed by atoms with Gasteiger partial charge in [-0.2, -0.15) is 4.98 Å². The van der Waals surface area contributed by atoms with Crippen molar-refractivity contribution >= 4 is 37.1 Å². The highest BCUT2D eigenvalue weighted by Gasteiger charge is 2.17. The lowest BCUT2D eigenvalue weighted by Gasteiger charge is -1.86. The van der Waals surface area contributed by atoms with Gasteiger partial charge in [0.05, 0.1) is 0 Å². The number of benzene rings is 1. The molecular formula is C7H5BrN2O3S. The molecular weight excluding hydrogens is 272 g/mol. The van der Waals surface area contributed by atoms with Gasteiger partial charge in [0.2, 0.25) is 0 Å². The fraction of sp³-hybridized carbons (Fsp3) is 0. The second-order valence-corrected chi connectivity index (χ2v) is 4.90. The van der Waals surface area contributed by atoms with Crippen LogP contribution in [0.25, 0.3) is 11.1 Å². The van der Waals surface area contributed by atoms with Gasteiger partial charge in [-0.25, -0.2) is 13.6 Å². The van der Waals surface area contributed by atoms with E-state index in [1.807, 2.05) is 0 Å². The number of sulfonamides is 1. The van der Waals surface area contributed by atoms with Gasteiger partial charge in [-0.05, 0) is 28.1 Å². The van der Waals surface area contributed by atoms with E-state index in [1.165, 1.54) is 0 Å². The number of hydrogen-bond acceptors (Lipinski definition) is 4. The van der Waals surface area contributed by atoms with Gasteiger partial charge < -0.3 is 4.42 Å². The minimum Gasteiger partial charge on any atom is -0.427 e. The highest BCUT2D eigenvalue weighted by molar-refractivity contribution is 9.10. The number of fused-ring (bicyclic) bond motifs is 1. The van der Waals surface area contributed by atoms with Gasteiger partial charge in [0, 0.05) is 4.47 Å². The number of oxazole rings is 1. The normalized spacial score (nSPS) is 12.1. The minimum atomic E-state index is -3.88. The third-order valence-electron chi connectivity index (χ3n) is 1.59. The summed E-state index contributed by atoms with van der Waals surface area (Å²) < 4.78 is 27.5. The first-order valence-corrected chi connectivity index (χ1v) is 5.90. The fourth-order valence-electron chi connectivity index (χ4n) is 1.02. The average Bonchev–Trinajstić information content (AvgIpc) is 2.48. The molecule has 0 amide bonds. The van der Waals surface area contributed by atoms with Crippen LogP contribution >= 0.6 is 15.9 Å². The molecule has 2 aromatic rings. The molecule has 0 radical (unpaired) electrons. The third kappa shape index (κ3) is 1.54. The number of nitrogens with zero attached hydrogens (tertiary/aromatic N) is 1. The van der Waals surface area contributed by atoms with E-state index < -0.39 is 15.2 Å². The maximum absolute atomic E-state index is 10.9. The molecule has 74 valence electrons. The van der Waals surface area contributed by atoms with Gasteiger partial charge in [0.1, 0.15) is 5.52 Å². The molecule has 14 heavy (non-hydrogen) atoms. The van der Waals surface area contributed by atoms with Crippen molar-refractivity contribution in [1.29, 1.82) is 0 Å². The van der Waals surface area contributed by atoms with E-state index >= 15 is 0 Å². The lowest BCUT2D eigenvalue weighted by atomic mass is 10.3. The molecule has 5 nitrogen and oxygen atoms in total. The Bertz CT molecular complexity index is 590. The van der Waals surface area contributed by atoms with Crippen molar-refractivity contribution in [2.75, 3.05) is 0 Å². The van der Waals surface area contributed by atoms with Crippen molar-refractivity contribution in [3.8, 4) is 0 Å². The lowest BCUT2D eigenvalue weighted by molar-refractivity contribution is 0.459. The predicted octanol–water partition coefficient (Wildman–Crippen LogP) is 1.24. The van der Waals surface area contributed by atoms with Crippen LogP contribution in [0.2, 0.25) is 0 Å². The monoisotopic (exact) mass is 276 g/mol. The molecule has 1 aromatic heterocycles. The summed E-state index contributed by atoms with van der Waals surface area (Å²) in [6.07, 6.45) is 0. The van der Waals surface area contributed by atoms with Crippen molar-refractivity contribution in [3.05, 3.63) is 22.7 Å². The van der Waals surface area contributed by atoms with Crippen LogP contribution in [0.4, 0.5) is 0 Å². The second-order valence-electron chi connectivity index (χ2n) is 2.61. The van der Waals surface area contributed by atoms with Gasteiger partial charge >= 0.3 is 5.22 Å². The highest BCUT2D eigenvalue weighted by Crippen LogP contribution is 2.24. The van der Waals surface area contributed by atoms with Crippen molar-refractivity contribution in [1.82, 2.24) is 4.98 Å². The van der Waals surface area contributed by atoms with Crippen molar-refractivity contribution < 1.29 is 12.8 Å². The minimum absolute atomic E-state index is 0.378. The summed E-state index contributed by atoms with van der Waals surface area (Å²) in [5, 5.41) is 4.40. The summed E-state index contributed by atoms with van der Waals surface area (Å²) in [5.74, 6) is 0. The summed E-state index contributed by atoms with van der Waals surface area (Å²) >= 11 is 3.22. The summed E-state index contributed by atoms with van der Waals surface area (Å²) in [6, 6.07) is 5.06. The summed E-state index contributed by atoms with van der Waals surface area (Å²) in [6.45, 7) is 0. The first-order chi connectivity index (χ1) is 6.48. The molecule has 0 fully saturated rings. The van der Waals surface area contributed by atoms with Crippen LogP contribution in [0.3, 0.4) is 0 Å². The third-order valence-corrected chi connectivity index (χ3v) is 2.89. The molecule has 0 unspecified atom stereocenters. The number of halogens is 1. The fourth-order valence-corrected chi connectivity index (χ4v) is 1.88. The van der Waals surface area contributed by atoms with Crippen molar-refractivity contribution in [2.24, 2.45) is 5.14 Å². The second kappa shape index (κ2) is 3.04. The maximum atomic E-state index is 10.9. The Labute approximate surface area is 88.1 Å².